The Morgan fingerprint density at radius 2 is 1.81 bits per heavy atom. The Labute approximate surface area is 127 Å². The molecular formula is C15H14ClN3O2. The summed E-state index contributed by atoms with van der Waals surface area (Å²) in [5.74, 6) is -0.794. The first-order valence-corrected chi connectivity index (χ1v) is 6.78. The van der Waals surface area contributed by atoms with Gasteiger partial charge in [-0.25, -0.2) is 4.98 Å². The lowest BCUT2D eigenvalue weighted by Gasteiger charge is -2.11. The number of benzene rings is 1. The third-order valence-electron chi connectivity index (χ3n) is 2.67. The predicted molar refractivity (Wildman–Crippen MR) is 82.6 cm³/mol. The van der Waals surface area contributed by atoms with Crippen molar-refractivity contribution in [1.29, 1.82) is 0 Å². The van der Waals surface area contributed by atoms with Crippen molar-refractivity contribution in [3.63, 3.8) is 0 Å². The molecule has 1 atom stereocenters. The molecule has 0 aliphatic rings. The molecule has 1 aromatic carbocycles. The number of hydrogen-bond donors (Lipinski definition) is 2. The summed E-state index contributed by atoms with van der Waals surface area (Å²) in [5.41, 5.74) is 1.10. The molecule has 0 aliphatic heterocycles. The SMILES string of the molecule is CC(Cl)C(=O)Nc1cccnc1C(=O)Nc1ccccc1. The van der Waals surface area contributed by atoms with Crippen LogP contribution >= 0.6 is 11.6 Å². The maximum absolute atomic E-state index is 12.2. The molecule has 0 radical (unpaired) electrons. The molecule has 0 saturated carbocycles. The van der Waals surface area contributed by atoms with Crippen LogP contribution in [0.5, 0.6) is 0 Å². The minimum atomic E-state index is -0.699. The van der Waals surface area contributed by atoms with Crippen molar-refractivity contribution in [2.45, 2.75) is 12.3 Å². The van der Waals surface area contributed by atoms with E-state index in [1.807, 2.05) is 18.2 Å². The number of anilines is 2. The Morgan fingerprint density at radius 3 is 2.48 bits per heavy atom. The van der Waals surface area contributed by atoms with E-state index in [2.05, 4.69) is 15.6 Å². The molecule has 21 heavy (non-hydrogen) atoms. The Balaban J connectivity index is 2.19. The maximum Gasteiger partial charge on any atom is 0.276 e. The van der Waals surface area contributed by atoms with Crippen LogP contribution in [-0.2, 0) is 4.79 Å². The Kier molecular flexibility index (Phi) is 4.90. The number of para-hydroxylation sites is 1. The van der Waals surface area contributed by atoms with Crippen molar-refractivity contribution in [2.75, 3.05) is 10.6 Å². The third kappa shape index (κ3) is 4.03. The first-order chi connectivity index (χ1) is 10.1. The quantitative estimate of drug-likeness (QED) is 0.853. The molecule has 1 heterocycles. The van der Waals surface area contributed by atoms with Gasteiger partial charge in [0.2, 0.25) is 5.91 Å². The molecule has 6 heteroatoms. The van der Waals surface area contributed by atoms with Crippen molar-refractivity contribution in [3.05, 3.63) is 54.4 Å². The van der Waals surface area contributed by atoms with Gasteiger partial charge >= 0.3 is 0 Å². The van der Waals surface area contributed by atoms with Gasteiger partial charge in [0.1, 0.15) is 5.38 Å². The van der Waals surface area contributed by atoms with Crippen molar-refractivity contribution in [1.82, 2.24) is 4.98 Å². The fourth-order valence-corrected chi connectivity index (χ4v) is 1.69. The smallest absolute Gasteiger partial charge is 0.276 e. The maximum atomic E-state index is 12.2. The highest BCUT2D eigenvalue weighted by Gasteiger charge is 2.16. The van der Waals surface area contributed by atoms with Crippen LogP contribution in [0.3, 0.4) is 0 Å². The van der Waals surface area contributed by atoms with E-state index in [1.54, 1.807) is 31.2 Å². The van der Waals surface area contributed by atoms with Gasteiger partial charge in [-0.15, -0.1) is 11.6 Å². The summed E-state index contributed by atoms with van der Waals surface area (Å²) in [6.07, 6.45) is 1.49. The lowest BCUT2D eigenvalue weighted by Crippen LogP contribution is -2.23. The van der Waals surface area contributed by atoms with Gasteiger partial charge in [-0.05, 0) is 31.2 Å². The average Bonchev–Trinajstić information content (AvgIpc) is 2.48. The van der Waals surface area contributed by atoms with Crippen molar-refractivity contribution in [3.8, 4) is 0 Å². The number of pyridine rings is 1. The van der Waals surface area contributed by atoms with Crippen LogP contribution < -0.4 is 10.6 Å². The topological polar surface area (TPSA) is 71.1 Å². The first-order valence-electron chi connectivity index (χ1n) is 6.34. The fraction of sp³-hybridized carbons (Fsp3) is 0.133. The zero-order valence-electron chi connectivity index (χ0n) is 11.3. The van der Waals surface area contributed by atoms with E-state index in [-0.39, 0.29) is 5.69 Å². The van der Waals surface area contributed by atoms with E-state index < -0.39 is 17.2 Å². The number of nitrogens with zero attached hydrogens (tertiary/aromatic N) is 1. The van der Waals surface area contributed by atoms with Crippen LogP contribution in [-0.4, -0.2) is 22.2 Å². The van der Waals surface area contributed by atoms with Gasteiger partial charge in [-0.1, -0.05) is 18.2 Å². The molecule has 0 saturated heterocycles. The molecule has 0 aliphatic carbocycles. The van der Waals surface area contributed by atoms with Crippen LogP contribution in [0.4, 0.5) is 11.4 Å². The largest absolute Gasteiger partial charge is 0.323 e. The van der Waals surface area contributed by atoms with Crippen molar-refractivity contribution in [2.24, 2.45) is 0 Å². The van der Waals surface area contributed by atoms with Crippen LogP contribution in [0.15, 0.2) is 48.7 Å². The first kappa shape index (κ1) is 15.0. The second-order valence-corrected chi connectivity index (χ2v) is 4.98. The lowest BCUT2D eigenvalue weighted by molar-refractivity contribution is -0.115. The van der Waals surface area contributed by atoms with Gasteiger partial charge in [0.15, 0.2) is 5.69 Å². The number of aromatic nitrogens is 1. The molecule has 2 amide bonds. The van der Waals surface area contributed by atoms with E-state index in [1.165, 1.54) is 6.20 Å². The minimum Gasteiger partial charge on any atom is -0.323 e. The minimum absolute atomic E-state index is 0.131. The van der Waals surface area contributed by atoms with Gasteiger partial charge in [-0.3, -0.25) is 9.59 Å². The molecule has 0 fully saturated rings. The summed E-state index contributed by atoms with van der Waals surface area (Å²) in [6.45, 7) is 1.55. The van der Waals surface area contributed by atoms with Gasteiger partial charge in [0.25, 0.3) is 5.91 Å². The summed E-state index contributed by atoms with van der Waals surface area (Å²) in [6, 6.07) is 12.2. The normalized spacial score (nSPS) is 11.5. The molecule has 1 aromatic heterocycles. The summed E-state index contributed by atoms with van der Waals surface area (Å²) in [5, 5.41) is 4.60. The molecule has 2 N–H and O–H groups in total. The van der Waals surface area contributed by atoms with E-state index in [9.17, 15) is 9.59 Å². The van der Waals surface area contributed by atoms with E-state index >= 15 is 0 Å². The molecule has 5 nitrogen and oxygen atoms in total. The predicted octanol–water partition coefficient (Wildman–Crippen LogP) is 2.90. The Bertz CT molecular complexity index is 644. The number of alkyl halides is 1. The molecule has 0 spiro atoms. The van der Waals surface area contributed by atoms with Crippen LogP contribution in [0.1, 0.15) is 17.4 Å². The zero-order valence-corrected chi connectivity index (χ0v) is 12.1. The number of amides is 2. The van der Waals surface area contributed by atoms with Crippen LogP contribution in [0.25, 0.3) is 0 Å². The van der Waals surface area contributed by atoms with Crippen molar-refractivity contribution >= 4 is 34.8 Å². The number of nitrogens with one attached hydrogen (secondary N) is 2. The summed E-state index contributed by atoms with van der Waals surface area (Å²) in [4.78, 5) is 27.9. The third-order valence-corrected chi connectivity index (χ3v) is 2.87. The van der Waals surface area contributed by atoms with Gasteiger partial charge in [-0.2, -0.15) is 0 Å². The summed E-state index contributed by atoms with van der Waals surface area (Å²) >= 11 is 5.71. The fourth-order valence-electron chi connectivity index (χ4n) is 1.63. The Morgan fingerprint density at radius 1 is 1.10 bits per heavy atom. The molecule has 2 rings (SSSR count). The molecular weight excluding hydrogens is 290 g/mol. The average molecular weight is 304 g/mol. The van der Waals surface area contributed by atoms with E-state index in [4.69, 9.17) is 11.6 Å². The summed E-state index contributed by atoms with van der Waals surface area (Å²) in [7, 11) is 0. The van der Waals surface area contributed by atoms with E-state index in [0.29, 0.717) is 11.4 Å². The van der Waals surface area contributed by atoms with Crippen LogP contribution in [0, 0.1) is 0 Å². The number of hydrogen-bond acceptors (Lipinski definition) is 3. The molecule has 1 unspecified atom stereocenters. The standard InChI is InChI=1S/C15H14ClN3O2/c1-10(16)14(20)19-12-8-5-9-17-13(12)15(21)18-11-6-3-2-4-7-11/h2-10H,1H3,(H,18,21)(H,19,20). The number of halogens is 1. The molecule has 0 bridgehead atoms. The highest BCUT2D eigenvalue weighted by Crippen LogP contribution is 2.15. The molecule has 2 aromatic rings. The highest BCUT2D eigenvalue weighted by molar-refractivity contribution is 6.32. The second-order valence-electron chi connectivity index (χ2n) is 4.32. The second kappa shape index (κ2) is 6.85. The molecule has 108 valence electrons. The van der Waals surface area contributed by atoms with E-state index in [0.717, 1.165) is 0 Å². The highest BCUT2D eigenvalue weighted by atomic mass is 35.5. The van der Waals surface area contributed by atoms with Gasteiger partial charge in [0.05, 0.1) is 5.69 Å². The monoisotopic (exact) mass is 303 g/mol. The number of carbonyl (C=O) groups excluding carboxylic acids is 2. The van der Waals surface area contributed by atoms with Gasteiger partial charge in [0, 0.05) is 11.9 Å². The van der Waals surface area contributed by atoms with Crippen LogP contribution in [0.2, 0.25) is 0 Å². The van der Waals surface area contributed by atoms with Crippen molar-refractivity contribution < 1.29 is 9.59 Å². The zero-order chi connectivity index (χ0) is 15.2. The lowest BCUT2D eigenvalue weighted by atomic mass is 10.2. The van der Waals surface area contributed by atoms with Gasteiger partial charge < -0.3 is 10.6 Å². The summed E-state index contributed by atoms with van der Waals surface area (Å²) < 4.78 is 0. The number of rotatable bonds is 4. The number of carbonyl (C=O) groups is 2. The Hall–Kier alpha value is -2.40.